The third-order valence-electron chi connectivity index (χ3n) is 3.11. The smallest absolute Gasteiger partial charge is 0.744 e. The maximum Gasteiger partial charge on any atom is 1.00 e. The van der Waals surface area contributed by atoms with Crippen molar-refractivity contribution in [2.24, 2.45) is 10.2 Å². The summed E-state index contributed by atoms with van der Waals surface area (Å²) in [6.07, 6.45) is 0.921. The Labute approximate surface area is 175 Å². The molecule has 0 fully saturated rings. The molecule has 0 aromatic heterocycles. The van der Waals surface area contributed by atoms with Crippen LogP contribution in [-0.4, -0.2) is 18.8 Å². The van der Waals surface area contributed by atoms with Crippen molar-refractivity contribution in [2.45, 2.75) is 0 Å². The van der Waals surface area contributed by atoms with E-state index in [9.17, 15) is 17.8 Å². The van der Waals surface area contributed by atoms with Crippen molar-refractivity contribution in [3.8, 4) is 0 Å². The molecule has 0 aliphatic carbocycles. The van der Waals surface area contributed by atoms with Gasteiger partial charge in [-0.05, 0) is 28.8 Å². The summed E-state index contributed by atoms with van der Waals surface area (Å²) in [4.78, 5) is 16.7. The fraction of sp³-hybridized carbons (Fsp3) is 0. The maximum atomic E-state index is 12.5. The average molecular weight is 392 g/mol. The number of hydrogen-bond donors (Lipinski definition) is 0. The van der Waals surface area contributed by atoms with E-state index in [0.717, 1.165) is 6.08 Å². The molecule has 0 saturated carbocycles. The number of allylic oxidation sites excluding steroid dienone is 1. The number of benzene rings is 2. The molecule has 0 aliphatic heterocycles. The van der Waals surface area contributed by atoms with E-state index in [0.29, 0.717) is 0 Å². The molecular weight excluding hydrogens is 383 g/mol. The van der Waals surface area contributed by atoms with Gasteiger partial charge in [0, 0.05) is 26.8 Å². The van der Waals surface area contributed by atoms with Crippen LogP contribution in [0, 0.1) is 0 Å². The molecule has 2 rings (SSSR count). The zero-order valence-electron chi connectivity index (χ0n) is 13.9. The van der Waals surface area contributed by atoms with E-state index in [4.69, 9.17) is 11.1 Å². The molecule has 0 bridgehead atoms. The fourth-order valence-electron chi connectivity index (χ4n) is 1.99. The first-order valence-corrected chi connectivity index (χ1v) is 8.28. The van der Waals surface area contributed by atoms with Crippen molar-refractivity contribution in [3.05, 3.63) is 85.4 Å². The summed E-state index contributed by atoms with van der Waals surface area (Å²) in [5.74, 6) is -1.03. The summed E-state index contributed by atoms with van der Waals surface area (Å²) in [6.45, 7) is 0. The van der Waals surface area contributed by atoms with Crippen LogP contribution < -0.4 is 29.6 Å². The summed E-state index contributed by atoms with van der Waals surface area (Å²) in [6, 6.07) is 10.8. The van der Waals surface area contributed by atoms with Crippen molar-refractivity contribution < 1.29 is 47.3 Å². The van der Waals surface area contributed by atoms with Gasteiger partial charge in [-0.1, -0.05) is 52.7 Å². The first kappa shape index (κ1) is 22.4. The van der Waals surface area contributed by atoms with E-state index in [1.165, 1.54) is 48.5 Å². The Bertz CT molecular complexity index is 1090. The van der Waals surface area contributed by atoms with E-state index in [2.05, 4.69) is 20.1 Å². The van der Waals surface area contributed by atoms with Gasteiger partial charge in [-0.3, -0.25) is 4.79 Å². The number of azide groups is 2. The Hall–Kier alpha value is -2.62. The number of ketones is 1. The van der Waals surface area contributed by atoms with Crippen LogP contribution in [0.25, 0.3) is 27.0 Å². The topological polar surface area (TPSA) is 172 Å². The van der Waals surface area contributed by atoms with Crippen LogP contribution in [0.2, 0.25) is 0 Å². The Kier molecular flexibility index (Phi) is 8.23. The fourth-order valence-corrected chi connectivity index (χ4v) is 2.62. The number of hydrogen-bond acceptors (Lipinski definition) is 6. The molecule has 0 aliphatic rings. The molecule has 0 spiro atoms. The van der Waals surface area contributed by atoms with Crippen LogP contribution >= 0.6 is 0 Å². The van der Waals surface area contributed by atoms with Crippen molar-refractivity contribution in [3.63, 3.8) is 0 Å². The van der Waals surface area contributed by atoms with Gasteiger partial charge in [0.25, 0.3) is 0 Å². The molecule has 130 valence electrons. The van der Waals surface area contributed by atoms with Crippen molar-refractivity contribution in [1.82, 2.24) is 0 Å². The molecule has 0 N–H and O–H groups in total. The van der Waals surface area contributed by atoms with E-state index < -0.39 is 20.8 Å². The number of carbonyl (C=O) groups excluding carboxylic acids is 1. The van der Waals surface area contributed by atoms with Gasteiger partial charge in [0.05, 0.1) is 0 Å². The minimum absolute atomic E-state index is 0. The molecule has 2 aromatic carbocycles. The Morgan fingerprint density at radius 2 is 1.59 bits per heavy atom. The van der Waals surface area contributed by atoms with Gasteiger partial charge in [-0.2, -0.15) is 0 Å². The van der Waals surface area contributed by atoms with Gasteiger partial charge >= 0.3 is 29.6 Å². The van der Waals surface area contributed by atoms with Gasteiger partial charge in [-0.15, -0.1) is 0 Å². The Morgan fingerprint density at radius 3 is 2.15 bits per heavy atom. The second kappa shape index (κ2) is 9.91. The summed E-state index contributed by atoms with van der Waals surface area (Å²) in [5.41, 5.74) is 17.3. The van der Waals surface area contributed by atoms with Crippen LogP contribution in [-0.2, 0) is 10.1 Å². The quantitative estimate of drug-likeness (QED) is 0.137. The second-order valence-corrected chi connectivity index (χ2v) is 6.16. The van der Waals surface area contributed by atoms with Crippen LogP contribution in [0.1, 0.15) is 15.9 Å². The molecule has 0 radical (unpaired) electrons. The largest absolute Gasteiger partial charge is 1.00 e. The normalized spacial score (nSPS) is 10.8. The standard InChI is InChI=1S/C15H10N6O4S.Na/c16-20-18-12-6-4-10(5-7-12)8-14(26(23,24)25)15(22)11-2-1-3-13(9-11)19-21-17;/h1-9H,(H,23,24,25);/q;+1/p-1/b14-8-;. The molecule has 12 heteroatoms. The summed E-state index contributed by atoms with van der Waals surface area (Å²) in [7, 11) is -5.08. The first-order valence-electron chi connectivity index (χ1n) is 6.88. The van der Waals surface area contributed by atoms with Crippen LogP contribution in [0.15, 0.2) is 63.7 Å². The van der Waals surface area contributed by atoms with Gasteiger partial charge in [0.1, 0.15) is 15.0 Å². The van der Waals surface area contributed by atoms with Crippen LogP contribution in [0.5, 0.6) is 0 Å². The van der Waals surface area contributed by atoms with Gasteiger partial charge < -0.3 is 4.55 Å². The number of rotatable bonds is 6. The summed E-state index contributed by atoms with van der Waals surface area (Å²) < 4.78 is 34.6. The molecule has 0 amide bonds. The van der Waals surface area contributed by atoms with Crippen LogP contribution in [0.4, 0.5) is 11.4 Å². The van der Waals surface area contributed by atoms with E-state index >= 15 is 0 Å². The molecule has 0 atom stereocenters. The van der Waals surface area contributed by atoms with Gasteiger partial charge in [0.15, 0.2) is 0 Å². The molecular formula is C15H9N6NaO4S. The van der Waals surface area contributed by atoms with Gasteiger partial charge in [0.2, 0.25) is 5.78 Å². The third kappa shape index (κ3) is 6.24. The minimum atomic E-state index is -5.08. The SMILES string of the molecule is [N-]=[N+]=Nc1ccc(/C=C(/C(=O)c2cccc(N=[N+]=[N-])c2)S(=O)(=O)[O-])cc1.[Na+]. The molecule has 10 nitrogen and oxygen atoms in total. The van der Waals surface area contributed by atoms with Crippen molar-refractivity contribution in [1.29, 1.82) is 0 Å². The van der Waals surface area contributed by atoms with Crippen LogP contribution in [0.3, 0.4) is 0 Å². The van der Waals surface area contributed by atoms with Crippen molar-refractivity contribution >= 4 is 33.4 Å². The summed E-state index contributed by atoms with van der Waals surface area (Å²) in [5, 5.41) is 6.68. The Morgan fingerprint density at radius 1 is 1.00 bits per heavy atom. The van der Waals surface area contributed by atoms with E-state index in [1.807, 2.05) is 0 Å². The average Bonchev–Trinajstić information content (AvgIpc) is 2.60. The van der Waals surface area contributed by atoms with Gasteiger partial charge in [-0.25, -0.2) is 8.42 Å². The maximum absolute atomic E-state index is 12.5. The van der Waals surface area contributed by atoms with E-state index in [-0.39, 0.29) is 52.1 Å². The first-order chi connectivity index (χ1) is 12.3. The molecule has 0 saturated heterocycles. The third-order valence-corrected chi connectivity index (χ3v) is 3.95. The van der Waals surface area contributed by atoms with Crippen molar-refractivity contribution in [2.75, 3.05) is 0 Å². The number of Topliss-reactive ketones (excluding diaryl/α,β-unsaturated/α-hetero) is 1. The predicted molar refractivity (Wildman–Crippen MR) is 92.5 cm³/mol. The summed E-state index contributed by atoms with van der Waals surface area (Å²) >= 11 is 0. The monoisotopic (exact) mass is 392 g/mol. The van der Waals surface area contributed by atoms with E-state index in [1.54, 1.807) is 0 Å². The number of carbonyl (C=O) groups is 1. The molecule has 0 unspecified atom stereocenters. The molecule has 2 aromatic rings. The number of nitrogens with zero attached hydrogens (tertiary/aromatic N) is 6. The predicted octanol–water partition coefficient (Wildman–Crippen LogP) is 1.34. The second-order valence-electron chi connectivity index (χ2n) is 4.81. The zero-order chi connectivity index (χ0) is 19.2. The minimum Gasteiger partial charge on any atom is -0.744 e. The zero-order valence-corrected chi connectivity index (χ0v) is 16.7. The Balaban J connectivity index is 0.00000364. The molecule has 27 heavy (non-hydrogen) atoms. The molecule has 0 heterocycles.